The average Bonchev–Trinajstić information content (AvgIpc) is 2.36. The number of methoxy groups -OCH3 is 2. The molecule has 0 aliphatic carbocycles. The molecule has 1 aromatic rings. The summed E-state index contributed by atoms with van der Waals surface area (Å²) in [5, 5.41) is 10.7. The van der Waals surface area contributed by atoms with Gasteiger partial charge in [0.25, 0.3) is 0 Å². The summed E-state index contributed by atoms with van der Waals surface area (Å²) in [6.45, 7) is 1.97. The zero-order chi connectivity index (χ0) is 12.0. The van der Waals surface area contributed by atoms with Crippen LogP contribution in [0.1, 0.15) is 12.5 Å². The molecule has 0 radical (unpaired) electrons. The molecule has 1 atom stereocenters. The predicted molar refractivity (Wildman–Crippen MR) is 65.4 cm³/mol. The Morgan fingerprint density at radius 1 is 1.31 bits per heavy atom. The van der Waals surface area contributed by atoms with Crippen molar-refractivity contribution in [2.75, 3.05) is 20.0 Å². The van der Waals surface area contributed by atoms with Crippen molar-refractivity contribution >= 4 is 11.8 Å². The van der Waals surface area contributed by atoms with E-state index in [0.29, 0.717) is 5.75 Å². The van der Waals surface area contributed by atoms with Crippen molar-refractivity contribution in [2.45, 2.75) is 12.5 Å². The van der Waals surface area contributed by atoms with Crippen molar-refractivity contribution in [1.29, 1.82) is 5.26 Å². The lowest BCUT2D eigenvalue weighted by atomic mass is 9.98. The van der Waals surface area contributed by atoms with E-state index < -0.39 is 5.60 Å². The molecule has 1 unspecified atom stereocenters. The van der Waals surface area contributed by atoms with E-state index in [1.165, 1.54) is 11.8 Å². The van der Waals surface area contributed by atoms with Gasteiger partial charge < -0.3 is 9.47 Å². The number of hydrogen-bond donors (Lipinski definition) is 0. The maximum absolute atomic E-state index is 8.59. The highest BCUT2D eigenvalue weighted by atomic mass is 32.2. The molecule has 3 nitrogen and oxygen atoms in total. The smallest absolute Gasteiger partial charge is 0.133 e. The summed E-state index contributed by atoms with van der Waals surface area (Å²) >= 11 is 1.19. The lowest BCUT2D eigenvalue weighted by Gasteiger charge is -2.27. The van der Waals surface area contributed by atoms with Crippen LogP contribution in [-0.2, 0) is 10.3 Å². The van der Waals surface area contributed by atoms with Gasteiger partial charge in [0.2, 0.25) is 0 Å². The first-order valence-electron chi connectivity index (χ1n) is 4.87. The van der Waals surface area contributed by atoms with Gasteiger partial charge in [-0.25, -0.2) is 0 Å². The van der Waals surface area contributed by atoms with Crippen molar-refractivity contribution in [1.82, 2.24) is 0 Å². The van der Waals surface area contributed by atoms with Gasteiger partial charge in [0.05, 0.1) is 12.7 Å². The van der Waals surface area contributed by atoms with Gasteiger partial charge in [-0.2, -0.15) is 5.26 Å². The quantitative estimate of drug-likeness (QED) is 0.738. The molecule has 0 saturated heterocycles. The van der Waals surface area contributed by atoms with Crippen LogP contribution in [0.2, 0.25) is 0 Å². The summed E-state index contributed by atoms with van der Waals surface area (Å²) in [6, 6.07) is 7.70. The minimum absolute atomic E-state index is 0.438. The molecule has 0 N–H and O–H groups in total. The van der Waals surface area contributed by atoms with Gasteiger partial charge in [0.1, 0.15) is 11.2 Å². The van der Waals surface area contributed by atoms with Gasteiger partial charge in [-0.05, 0) is 36.4 Å². The van der Waals surface area contributed by atoms with Crippen LogP contribution in [0.25, 0.3) is 0 Å². The molecule has 0 spiro atoms. The van der Waals surface area contributed by atoms with Crippen LogP contribution in [0, 0.1) is 10.7 Å². The van der Waals surface area contributed by atoms with Gasteiger partial charge in [-0.3, -0.25) is 0 Å². The number of nitriles is 1. The standard InChI is InChI=1S/C12H15NO2S/c1-12(15-3,8-16-9-13)10-4-6-11(14-2)7-5-10/h4-7H,8H2,1-3H3. The van der Waals surface area contributed by atoms with E-state index in [4.69, 9.17) is 14.7 Å². The van der Waals surface area contributed by atoms with Crippen molar-refractivity contribution in [3.8, 4) is 11.2 Å². The number of thiocyanates is 1. The minimum Gasteiger partial charge on any atom is -0.497 e. The molecule has 0 aliphatic rings. The fourth-order valence-corrected chi connectivity index (χ4v) is 2.00. The van der Waals surface area contributed by atoms with Crippen LogP contribution in [0.15, 0.2) is 24.3 Å². The number of thioether (sulfide) groups is 1. The van der Waals surface area contributed by atoms with E-state index in [1.54, 1.807) is 14.2 Å². The molecule has 0 aliphatic heterocycles. The monoisotopic (exact) mass is 237 g/mol. The van der Waals surface area contributed by atoms with E-state index in [2.05, 4.69) is 5.40 Å². The Bertz CT molecular complexity index is 372. The Kier molecular flexibility index (Phi) is 4.66. The normalized spacial score (nSPS) is 13.9. The number of rotatable bonds is 5. The molecule has 16 heavy (non-hydrogen) atoms. The van der Waals surface area contributed by atoms with E-state index >= 15 is 0 Å². The molecule has 0 saturated carbocycles. The second-order valence-electron chi connectivity index (χ2n) is 3.54. The molecule has 4 heteroatoms. The highest BCUT2D eigenvalue weighted by molar-refractivity contribution is 8.03. The van der Waals surface area contributed by atoms with Gasteiger partial charge in [0.15, 0.2) is 0 Å². The molecule has 1 aromatic carbocycles. The summed E-state index contributed by atoms with van der Waals surface area (Å²) in [5.74, 6) is 1.42. The first-order chi connectivity index (χ1) is 7.66. The fraction of sp³-hybridized carbons (Fsp3) is 0.417. The fourth-order valence-electron chi connectivity index (χ4n) is 1.37. The van der Waals surface area contributed by atoms with Crippen LogP contribution in [-0.4, -0.2) is 20.0 Å². The molecule has 0 bridgehead atoms. The average molecular weight is 237 g/mol. The Hall–Kier alpha value is -1.18. The Morgan fingerprint density at radius 3 is 2.38 bits per heavy atom. The lowest BCUT2D eigenvalue weighted by molar-refractivity contribution is 0.0238. The van der Waals surface area contributed by atoms with Crippen molar-refractivity contribution in [3.63, 3.8) is 0 Å². The van der Waals surface area contributed by atoms with Crippen molar-refractivity contribution in [2.24, 2.45) is 0 Å². The van der Waals surface area contributed by atoms with Gasteiger partial charge >= 0.3 is 0 Å². The van der Waals surface area contributed by atoms with Crippen LogP contribution >= 0.6 is 11.8 Å². The SMILES string of the molecule is COc1ccc(C(C)(CSC#N)OC)cc1. The second-order valence-corrected chi connectivity index (χ2v) is 4.30. The number of benzene rings is 1. The summed E-state index contributed by atoms with van der Waals surface area (Å²) in [5.41, 5.74) is 0.602. The highest BCUT2D eigenvalue weighted by Gasteiger charge is 2.26. The van der Waals surface area contributed by atoms with E-state index in [9.17, 15) is 0 Å². The Balaban J connectivity index is 2.90. The van der Waals surface area contributed by atoms with Gasteiger partial charge in [-0.15, -0.1) is 0 Å². The number of hydrogen-bond acceptors (Lipinski definition) is 4. The summed E-state index contributed by atoms with van der Waals surface area (Å²) in [6.07, 6.45) is 0. The van der Waals surface area contributed by atoms with Crippen molar-refractivity contribution < 1.29 is 9.47 Å². The third kappa shape index (κ3) is 2.91. The number of ether oxygens (including phenoxy) is 2. The first kappa shape index (κ1) is 12.9. The van der Waals surface area contributed by atoms with Crippen LogP contribution in [0.5, 0.6) is 5.75 Å². The van der Waals surface area contributed by atoms with Crippen molar-refractivity contribution in [3.05, 3.63) is 29.8 Å². The molecule has 0 heterocycles. The molecule has 0 fully saturated rings. The third-order valence-corrected chi connectivity index (χ3v) is 3.39. The lowest BCUT2D eigenvalue weighted by Crippen LogP contribution is -2.27. The van der Waals surface area contributed by atoms with E-state index in [1.807, 2.05) is 31.2 Å². The molecule has 1 rings (SSSR count). The molecular formula is C12H15NO2S. The molecule has 0 aromatic heterocycles. The summed E-state index contributed by atoms with van der Waals surface area (Å²) in [4.78, 5) is 0. The second kappa shape index (κ2) is 5.78. The van der Waals surface area contributed by atoms with E-state index in [0.717, 1.165) is 11.3 Å². The zero-order valence-electron chi connectivity index (χ0n) is 9.69. The predicted octanol–water partition coefficient (Wildman–Crippen LogP) is 2.77. The third-order valence-electron chi connectivity index (χ3n) is 2.56. The summed E-state index contributed by atoms with van der Waals surface area (Å²) < 4.78 is 10.6. The largest absolute Gasteiger partial charge is 0.497 e. The van der Waals surface area contributed by atoms with E-state index in [-0.39, 0.29) is 0 Å². The highest BCUT2D eigenvalue weighted by Crippen LogP contribution is 2.29. The summed E-state index contributed by atoms with van der Waals surface area (Å²) in [7, 11) is 3.29. The maximum Gasteiger partial charge on any atom is 0.133 e. The Labute approximate surface area is 100 Å². The zero-order valence-corrected chi connectivity index (χ0v) is 10.5. The first-order valence-corrected chi connectivity index (χ1v) is 5.85. The minimum atomic E-state index is -0.438. The maximum atomic E-state index is 8.59. The molecule has 86 valence electrons. The van der Waals surface area contributed by atoms with Crippen LogP contribution in [0.4, 0.5) is 0 Å². The topological polar surface area (TPSA) is 42.2 Å². The van der Waals surface area contributed by atoms with Gasteiger partial charge in [-0.1, -0.05) is 12.1 Å². The molecule has 0 amide bonds. The number of nitrogens with zero attached hydrogens (tertiary/aromatic N) is 1. The van der Waals surface area contributed by atoms with Gasteiger partial charge in [0, 0.05) is 12.9 Å². The van der Waals surface area contributed by atoms with Crippen LogP contribution < -0.4 is 4.74 Å². The Morgan fingerprint density at radius 2 is 1.94 bits per heavy atom. The van der Waals surface area contributed by atoms with Crippen LogP contribution in [0.3, 0.4) is 0 Å². The molecular weight excluding hydrogens is 222 g/mol.